The lowest BCUT2D eigenvalue weighted by Gasteiger charge is -2.21. The number of amides is 2. The molecule has 0 heterocycles. The van der Waals surface area contributed by atoms with Crippen molar-refractivity contribution >= 4 is 23.3 Å². The summed E-state index contributed by atoms with van der Waals surface area (Å²) in [7, 11) is 0. The molecule has 0 aliphatic heterocycles. The first kappa shape index (κ1) is 23.9. The van der Waals surface area contributed by atoms with Crippen molar-refractivity contribution in [1.82, 2.24) is 4.90 Å². The van der Waals surface area contributed by atoms with E-state index < -0.39 is 30.1 Å². The van der Waals surface area contributed by atoms with Gasteiger partial charge < -0.3 is 15.0 Å². The molecule has 2 rings (SSSR count). The van der Waals surface area contributed by atoms with E-state index in [1.54, 1.807) is 38.1 Å². The van der Waals surface area contributed by atoms with Crippen LogP contribution in [0, 0.1) is 0 Å². The van der Waals surface area contributed by atoms with E-state index in [-0.39, 0.29) is 24.6 Å². The van der Waals surface area contributed by atoms with Gasteiger partial charge >= 0.3 is 6.18 Å². The molecule has 1 N–H and O–H groups in total. The molecule has 0 unspecified atom stereocenters. The lowest BCUT2D eigenvalue weighted by Crippen LogP contribution is -2.40. The van der Waals surface area contributed by atoms with Gasteiger partial charge in [-0.25, -0.2) is 0 Å². The standard InChI is InChI=1S/C22H23F3N2O4/c1-3-19(28)15-9-11-16(12-10-15)31-14-21(30)27(4-2)13-20(29)26-18-8-6-5-7-17(18)22(23,24)25/h5-12H,3-4,13-14H2,1-2H3,(H,26,29). The number of carbonyl (C=O) groups is 3. The number of anilines is 1. The predicted octanol–water partition coefficient (Wildman–Crippen LogP) is 4.16. The van der Waals surface area contributed by atoms with Gasteiger partial charge in [-0.2, -0.15) is 13.2 Å². The Labute approximate surface area is 178 Å². The van der Waals surface area contributed by atoms with Gasteiger partial charge in [0.25, 0.3) is 5.91 Å². The molecule has 0 spiro atoms. The molecule has 0 aliphatic carbocycles. The zero-order valence-corrected chi connectivity index (χ0v) is 17.2. The normalized spacial score (nSPS) is 11.0. The molecule has 0 aromatic heterocycles. The van der Waals surface area contributed by atoms with Crippen LogP contribution in [0.15, 0.2) is 48.5 Å². The molecule has 6 nitrogen and oxygen atoms in total. The van der Waals surface area contributed by atoms with Crippen LogP contribution in [0.1, 0.15) is 36.2 Å². The summed E-state index contributed by atoms with van der Waals surface area (Å²) < 4.78 is 44.6. The van der Waals surface area contributed by atoms with Crippen LogP contribution >= 0.6 is 0 Å². The summed E-state index contributed by atoms with van der Waals surface area (Å²) in [6, 6.07) is 10.9. The van der Waals surface area contributed by atoms with Gasteiger partial charge in [0.05, 0.1) is 17.8 Å². The highest BCUT2D eigenvalue weighted by Gasteiger charge is 2.33. The van der Waals surface area contributed by atoms with Gasteiger partial charge in [0.2, 0.25) is 5.91 Å². The zero-order valence-electron chi connectivity index (χ0n) is 17.2. The molecule has 0 bridgehead atoms. The Morgan fingerprint density at radius 3 is 2.23 bits per heavy atom. The second-order valence-corrected chi connectivity index (χ2v) is 6.59. The van der Waals surface area contributed by atoms with Crippen LogP contribution in [-0.2, 0) is 15.8 Å². The lowest BCUT2D eigenvalue weighted by molar-refractivity contribution is -0.137. The van der Waals surface area contributed by atoms with Crippen LogP contribution in [-0.4, -0.2) is 42.2 Å². The summed E-state index contributed by atoms with van der Waals surface area (Å²) in [6.07, 6.45) is -4.24. The molecule has 31 heavy (non-hydrogen) atoms. The maximum absolute atomic E-state index is 13.1. The zero-order chi connectivity index (χ0) is 23.0. The van der Waals surface area contributed by atoms with Crippen molar-refractivity contribution < 1.29 is 32.3 Å². The van der Waals surface area contributed by atoms with Gasteiger partial charge in [0, 0.05) is 18.5 Å². The molecule has 0 aliphatic rings. The number of nitrogens with one attached hydrogen (secondary N) is 1. The van der Waals surface area contributed by atoms with Crippen molar-refractivity contribution in [1.29, 1.82) is 0 Å². The van der Waals surface area contributed by atoms with E-state index in [2.05, 4.69) is 5.32 Å². The number of benzene rings is 2. The highest BCUT2D eigenvalue weighted by atomic mass is 19.4. The highest BCUT2D eigenvalue weighted by molar-refractivity contribution is 5.96. The summed E-state index contributed by atoms with van der Waals surface area (Å²) >= 11 is 0. The fraction of sp³-hybridized carbons (Fsp3) is 0.318. The van der Waals surface area contributed by atoms with Gasteiger partial charge in [0.15, 0.2) is 12.4 Å². The number of carbonyl (C=O) groups excluding carboxylic acids is 3. The fourth-order valence-corrected chi connectivity index (χ4v) is 2.76. The number of likely N-dealkylation sites (N-methyl/N-ethyl adjacent to an activating group) is 1. The van der Waals surface area contributed by atoms with Gasteiger partial charge in [-0.3, -0.25) is 14.4 Å². The van der Waals surface area contributed by atoms with E-state index in [0.29, 0.717) is 17.7 Å². The molecule has 2 aromatic rings. The lowest BCUT2D eigenvalue weighted by atomic mass is 10.1. The molecule has 2 amide bonds. The third kappa shape index (κ3) is 6.84. The molecular formula is C22H23F3N2O4. The molecular weight excluding hydrogens is 413 g/mol. The Morgan fingerprint density at radius 1 is 1.00 bits per heavy atom. The number of para-hydroxylation sites is 1. The third-order valence-electron chi connectivity index (χ3n) is 4.44. The topological polar surface area (TPSA) is 75.7 Å². The maximum Gasteiger partial charge on any atom is 0.418 e. The van der Waals surface area contributed by atoms with Crippen LogP contribution in [0.2, 0.25) is 0 Å². The number of ketones is 1. The second kappa shape index (κ2) is 10.6. The molecule has 2 aromatic carbocycles. The third-order valence-corrected chi connectivity index (χ3v) is 4.44. The van der Waals surface area contributed by atoms with Gasteiger partial charge in [-0.15, -0.1) is 0 Å². The van der Waals surface area contributed by atoms with E-state index in [0.717, 1.165) is 12.1 Å². The number of alkyl halides is 3. The van der Waals surface area contributed by atoms with Crippen molar-refractivity contribution in [3.63, 3.8) is 0 Å². The van der Waals surface area contributed by atoms with Crippen LogP contribution in [0.3, 0.4) is 0 Å². The van der Waals surface area contributed by atoms with Crippen molar-refractivity contribution in [3.8, 4) is 5.75 Å². The second-order valence-electron chi connectivity index (χ2n) is 6.59. The number of nitrogens with zero attached hydrogens (tertiary/aromatic N) is 1. The minimum atomic E-state index is -4.62. The fourth-order valence-electron chi connectivity index (χ4n) is 2.76. The van der Waals surface area contributed by atoms with Crippen molar-refractivity contribution in [3.05, 3.63) is 59.7 Å². The molecule has 0 saturated heterocycles. The molecule has 9 heteroatoms. The van der Waals surface area contributed by atoms with E-state index in [1.165, 1.54) is 17.0 Å². The van der Waals surface area contributed by atoms with Gasteiger partial charge in [-0.1, -0.05) is 19.1 Å². The number of hydrogen-bond acceptors (Lipinski definition) is 4. The van der Waals surface area contributed by atoms with Crippen molar-refractivity contribution in [2.75, 3.05) is 25.0 Å². The number of rotatable bonds is 9. The number of halogens is 3. The molecule has 0 radical (unpaired) electrons. The predicted molar refractivity (Wildman–Crippen MR) is 109 cm³/mol. The Morgan fingerprint density at radius 2 is 1.65 bits per heavy atom. The SMILES string of the molecule is CCC(=O)c1ccc(OCC(=O)N(CC)CC(=O)Nc2ccccc2C(F)(F)F)cc1. The molecule has 0 fully saturated rings. The summed E-state index contributed by atoms with van der Waals surface area (Å²) in [5, 5.41) is 2.21. The van der Waals surface area contributed by atoms with Crippen LogP contribution in [0.25, 0.3) is 0 Å². The summed E-state index contributed by atoms with van der Waals surface area (Å²) in [4.78, 5) is 37.4. The monoisotopic (exact) mass is 436 g/mol. The Bertz CT molecular complexity index is 927. The quantitative estimate of drug-likeness (QED) is 0.599. The maximum atomic E-state index is 13.1. The Balaban J connectivity index is 1.94. The first-order valence-corrected chi connectivity index (χ1v) is 9.65. The molecule has 0 atom stereocenters. The van der Waals surface area contributed by atoms with E-state index >= 15 is 0 Å². The number of Topliss-reactive ketones (excluding diaryl/α,β-unsaturated/α-hetero) is 1. The van der Waals surface area contributed by atoms with Gasteiger partial charge in [0.1, 0.15) is 5.75 Å². The molecule has 0 saturated carbocycles. The highest BCUT2D eigenvalue weighted by Crippen LogP contribution is 2.34. The minimum Gasteiger partial charge on any atom is -0.484 e. The smallest absolute Gasteiger partial charge is 0.418 e. The van der Waals surface area contributed by atoms with Crippen molar-refractivity contribution in [2.45, 2.75) is 26.4 Å². The largest absolute Gasteiger partial charge is 0.484 e. The Hall–Kier alpha value is -3.36. The van der Waals surface area contributed by atoms with Crippen LogP contribution in [0.5, 0.6) is 5.75 Å². The van der Waals surface area contributed by atoms with Crippen LogP contribution < -0.4 is 10.1 Å². The summed E-state index contributed by atoms with van der Waals surface area (Å²) in [5.74, 6) is -0.900. The van der Waals surface area contributed by atoms with Gasteiger partial charge in [-0.05, 0) is 43.3 Å². The Kier molecular flexibility index (Phi) is 8.18. The first-order chi connectivity index (χ1) is 14.7. The summed E-state index contributed by atoms with van der Waals surface area (Å²) in [6.45, 7) is 2.78. The summed E-state index contributed by atoms with van der Waals surface area (Å²) in [5.41, 5.74) is -0.806. The van der Waals surface area contributed by atoms with E-state index in [1.807, 2.05) is 0 Å². The first-order valence-electron chi connectivity index (χ1n) is 9.65. The number of ether oxygens (including phenoxy) is 1. The molecule has 166 valence electrons. The van der Waals surface area contributed by atoms with Crippen molar-refractivity contribution in [2.24, 2.45) is 0 Å². The average Bonchev–Trinajstić information content (AvgIpc) is 2.75. The van der Waals surface area contributed by atoms with E-state index in [9.17, 15) is 27.6 Å². The number of hydrogen-bond donors (Lipinski definition) is 1. The van der Waals surface area contributed by atoms with E-state index in [4.69, 9.17) is 4.74 Å². The average molecular weight is 436 g/mol. The minimum absolute atomic E-state index is 0.0158. The van der Waals surface area contributed by atoms with Crippen LogP contribution in [0.4, 0.5) is 18.9 Å².